The van der Waals surface area contributed by atoms with Crippen LogP contribution in [0.2, 0.25) is 0 Å². The quantitative estimate of drug-likeness (QED) is 0.664. The molecule has 4 rings (SSSR count). The Kier molecular flexibility index (Phi) is 5.12. The van der Waals surface area contributed by atoms with Crippen molar-refractivity contribution in [2.45, 2.75) is 13.0 Å². The van der Waals surface area contributed by atoms with E-state index in [2.05, 4.69) is 15.3 Å². The monoisotopic (exact) mass is 389 g/mol. The van der Waals surface area contributed by atoms with Gasteiger partial charge in [0.2, 0.25) is 0 Å². The summed E-state index contributed by atoms with van der Waals surface area (Å²) in [5, 5.41) is 4.51. The number of nitrogens with zero attached hydrogens (tertiary/aromatic N) is 2. The maximum atomic E-state index is 12.3. The van der Waals surface area contributed by atoms with Gasteiger partial charge in [0.25, 0.3) is 5.91 Å². The molecular weight excluding hydrogens is 370 g/mol. The predicted octanol–water partition coefficient (Wildman–Crippen LogP) is 4.56. The highest BCUT2D eigenvalue weighted by Crippen LogP contribution is 2.29. The van der Waals surface area contributed by atoms with Gasteiger partial charge in [0.1, 0.15) is 5.75 Å². The summed E-state index contributed by atoms with van der Waals surface area (Å²) in [6.45, 7) is 2.00. The van der Waals surface area contributed by atoms with Crippen LogP contribution in [0.5, 0.6) is 5.75 Å². The number of aromatic nitrogens is 1. The van der Waals surface area contributed by atoms with E-state index < -0.39 is 0 Å². The zero-order valence-electron chi connectivity index (χ0n) is 15.5. The molecule has 1 aliphatic heterocycles. The van der Waals surface area contributed by atoms with Crippen molar-refractivity contribution >= 4 is 39.8 Å². The van der Waals surface area contributed by atoms with Crippen LogP contribution in [0.15, 0.2) is 70.7 Å². The number of pyridine rings is 1. The second kappa shape index (κ2) is 7.86. The molecule has 0 spiro atoms. The van der Waals surface area contributed by atoms with Gasteiger partial charge in [0, 0.05) is 11.6 Å². The highest BCUT2D eigenvalue weighted by atomic mass is 32.2. The van der Waals surface area contributed by atoms with E-state index in [-0.39, 0.29) is 11.9 Å². The summed E-state index contributed by atoms with van der Waals surface area (Å²) in [5.74, 6) is 0.680. The standard InChI is InChI=1S/C22H19N3O2S/c1-14(16-6-8-18(27-2)9-7-16)24-22-25-21(26)20(28-22)13-15-5-10-19-17(12-15)4-3-11-23-19/h3-14H,1-2H3,(H,24,25,26)/t14-/m0/s1. The zero-order chi connectivity index (χ0) is 19.5. The smallest absolute Gasteiger partial charge is 0.264 e. The molecule has 1 N–H and O–H groups in total. The van der Waals surface area contributed by atoms with Crippen molar-refractivity contribution in [2.24, 2.45) is 4.99 Å². The van der Waals surface area contributed by atoms with Gasteiger partial charge in [-0.15, -0.1) is 0 Å². The van der Waals surface area contributed by atoms with Crippen molar-refractivity contribution in [3.05, 3.63) is 76.8 Å². The Morgan fingerprint density at radius 1 is 1.18 bits per heavy atom. The number of nitrogens with one attached hydrogen (secondary N) is 1. The van der Waals surface area contributed by atoms with Crippen molar-refractivity contribution in [3.8, 4) is 5.75 Å². The topological polar surface area (TPSA) is 63.6 Å². The minimum Gasteiger partial charge on any atom is -0.497 e. The molecule has 2 heterocycles. The Labute approximate surface area is 167 Å². The number of thioether (sulfide) groups is 1. The molecule has 1 amide bonds. The Balaban J connectivity index is 1.53. The van der Waals surface area contributed by atoms with E-state index in [1.807, 2.05) is 67.6 Å². The fourth-order valence-corrected chi connectivity index (χ4v) is 3.86. The van der Waals surface area contributed by atoms with Crippen molar-refractivity contribution in [2.75, 3.05) is 7.11 Å². The van der Waals surface area contributed by atoms with Crippen LogP contribution in [0.4, 0.5) is 0 Å². The minimum atomic E-state index is -0.128. The van der Waals surface area contributed by atoms with Gasteiger partial charge in [0.15, 0.2) is 5.17 Å². The van der Waals surface area contributed by atoms with E-state index in [9.17, 15) is 4.79 Å². The lowest BCUT2D eigenvalue weighted by molar-refractivity contribution is -0.115. The van der Waals surface area contributed by atoms with Crippen LogP contribution in [0.3, 0.4) is 0 Å². The van der Waals surface area contributed by atoms with E-state index >= 15 is 0 Å². The molecule has 1 saturated heterocycles. The normalized spacial score (nSPS) is 17.9. The molecule has 6 heteroatoms. The summed E-state index contributed by atoms with van der Waals surface area (Å²) in [6.07, 6.45) is 3.65. The van der Waals surface area contributed by atoms with Crippen LogP contribution in [-0.2, 0) is 4.79 Å². The third kappa shape index (κ3) is 3.92. The molecule has 0 bridgehead atoms. The Morgan fingerprint density at radius 2 is 2.00 bits per heavy atom. The first-order valence-electron chi connectivity index (χ1n) is 8.90. The average Bonchev–Trinajstić information content (AvgIpc) is 3.06. The summed E-state index contributed by atoms with van der Waals surface area (Å²) in [7, 11) is 1.64. The Bertz CT molecular complexity index is 1090. The third-order valence-electron chi connectivity index (χ3n) is 4.48. The average molecular weight is 389 g/mol. The second-order valence-corrected chi connectivity index (χ2v) is 7.43. The van der Waals surface area contributed by atoms with Crippen molar-refractivity contribution in [3.63, 3.8) is 0 Å². The lowest BCUT2D eigenvalue weighted by Crippen LogP contribution is -2.20. The molecule has 1 fully saturated rings. The van der Waals surface area contributed by atoms with Crippen molar-refractivity contribution in [1.29, 1.82) is 0 Å². The first kappa shape index (κ1) is 18.3. The molecule has 0 saturated carbocycles. The van der Waals surface area contributed by atoms with Gasteiger partial charge in [-0.3, -0.25) is 14.8 Å². The summed E-state index contributed by atoms with van der Waals surface area (Å²) >= 11 is 1.36. The molecular formula is C22H19N3O2S. The molecule has 140 valence electrons. The molecule has 28 heavy (non-hydrogen) atoms. The summed E-state index contributed by atoms with van der Waals surface area (Å²) in [5.41, 5.74) is 2.95. The number of amidine groups is 1. The Hall–Kier alpha value is -3.12. The van der Waals surface area contributed by atoms with E-state index in [1.54, 1.807) is 13.3 Å². The Morgan fingerprint density at radius 3 is 2.79 bits per heavy atom. The first-order chi connectivity index (χ1) is 13.6. The molecule has 2 aromatic carbocycles. The van der Waals surface area contributed by atoms with Crippen LogP contribution in [0.1, 0.15) is 24.1 Å². The molecule has 1 aliphatic rings. The minimum absolute atomic E-state index is 0.0696. The number of amides is 1. The molecule has 0 radical (unpaired) electrons. The second-order valence-electron chi connectivity index (χ2n) is 6.40. The molecule has 3 aromatic rings. The van der Waals surface area contributed by atoms with E-state index in [1.165, 1.54) is 11.8 Å². The molecule has 1 atom stereocenters. The van der Waals surface area contributed by atoms with Gasteiger partial charge in [0.05, 0.1) is 23.6 Å². The number of benzene rings is 2. The number of aliphatic imine (C=N–C) groups is 1. The van der Waals surface area contributed by atoms with Crippen LogP contribution in [-0.4, -0.2) is 23.2 Å². The van der Waals surface area contributed by atoms with Gasteiger partial charge >= 0.3 is 0 Å². The number of rotatable bonds is 4. The number of hydrogen-bond donors (Lipinski definition) is 1. The lowest BCUT2D eigenvalue weighted by atomic mass is 10.1. The lowest BCUT2D eigenvalue weighted by Gasteiger charge is -2.08. The van der Waals surface area contributed by atoms with Gasteiger partial charge < -0.3 is 10.1 Å². The van der Waals surface area contributed by atoms with Crippen LogP contribution in [0.25, 0.3) is 17.0 Å². The number of fused-ring (bicyclic) bond motifs is 1. The highest BCUT2D eigenvalue weighted by molar-refractivity contribution is 8.18. The van der Waals surface area contributed by atoms with Gasteiger partial charge in [-0.1, -0.05) is 24.3 Å². The van der Waals surface area contributed by atoms with Gasteiger partial charge in [-0.25, -0.2) is 0 Å². The molecule has 1 aromatic heterocycles. The number of carbonyl (C=O) groups is 1. The van der Waals surface area contributed by atoms with Crippen LogP contribution < -0.4 is 10.1 Å². The fourth-order valence-electron chi connectivity index (χ4n) is 2.96. The van der Waals surface area contributed by atoms with E-state index in [4.69, 9.17) is 4.74 Å². The SMILES string of the molecule is COc1ccc([C@H](C)N=C2NC(=O)C(=Cc3ccc4ncccc4c3)S2)cc1. The zero-order valence-corrected chi connectivity index (χ0v) is 16.4. The van der Waals surface area contributed by atoms with Gasteiger partial charge in [-0.05, 0) is 66.2 Å². The molecule has 0 aliphatic carbocycles. The van der Waals surface area contributed by atoms with Gasteiger partial charge in [-0.2, -0.15) is 0 Å². The number of methoxy groups -OCH3 is 1. The summed E-state index contributed by atoms with van der Waals surface area (Å²) < 4.78 is 5.19. The van der Waals surface area contributed by atoms with Crippen LogP contribution in [0, 0.1) is 0 Å². The largest absolute Gasteiger partial charge is 0.497 e. The van der Waals surface area contributed by atoms with E-state index in [0.717, 1.165) is 27.8 Å². The number of hydrogen-bond acceptors (Lipinski definition) is 5. The van der Waals surface area contributed by atoms with Crippen molar-refractivity contribution in [1.82, 2.24) is 10.3 Å². The van der Waals surface area contributed by atoms with E-state index in [0.29, 0.717) is 10.1 Å². The first-order valence-corrected chi connectivity index (χ1v) is 9.71. The third-order valence-corrected chi connectivity index (χ3v) is 5.41. The fraction of sp³-hybridized carbons (Fsp3) is 0.136. The molecule has 0 unspecified atom stereocenters. The summed E-state index contributed by atoms with van der Waals surface area (Å²) in [4.78, 5) is 21.9. The van der Waals surface area contributed by atoms with Crippen LogP contribution >= 0.6 is 11.8 Å². The summed E-state index contributed by atoms with van der Waals surface area (Å²) in [6, 6.07) is 17.6. The number of carbonyl (C=O) groups excluding carboxylic acids is 1. The van der Waals surface area contributed by atoms with Crippen molar-refractivity contribution < 1.29 is 9.53 Å². The maximum Gasteiger partial charge on any atom is 0.264 e. The predicted molar refractivity (Wildman–Crippen MR) is 114 cm³/mol. The molecule has 5 nitrogen and oxygen atoms in total. The highest BCUT2D eigenvalue weighted by Gasteiger charge is 2.24. The maximum absolute atomic E-state index is 12.3. The number of ether oxygens (including phenoxy) is 1.